The molecule has 0 unspecified atom stereocenters. The first kappa shape index (κ1) is 12.7. The number of rotatable bonds is 6. The molecule has 16 heavy (non-hydrogen) atoms. The first-order valence-corrected chi connectivity index (χ1v) is 6.33. The summed E-state index contributed by atoms with van der Waals surface area (Å²) in [6, 6.07) is 8.24. The van der Waals surface area contributed by atoms with Crippen LogP contribution in [-0.4, -0.2) is 23.8 Å². The van der Waals surface area contributed by atoms with Crippen molar-refractivity contribution in [2.24, 2.45) is 10.9 Å². The van der Waals surface area contributed by atoms with Crippen molar-refractivity contribution in [3.63, 3.8) is 0 Å². The first-order valence-electron chi connectivity index (χ1n) is 5.10. The Kier molecular flexibility index (Phi) is 5.56. The molecule has 0 aliphatic rings. The molecule has 5 heteroatoms. The van der Waals surface area contributed by atoms with Crippen molar-refractivity contribution in [3.8, 4) is 0 Å². The van der Waals surface area contributed by atoms with Crippen molar-refractivity contribution in [2.75, 3.05) is 18.1 Å². The number of nitrogens with one attached hydrogen (secondary N) is 1. The summed E-state index contributed by atoms with van der Waals surface area (Å²) < 4.78 is 0. The van der Waals surface area contributed by atoms with Gasteiger partial charge in [-0.25, -0.2) is 0 Å². The lowest BCUT2D eigenvalue weighted by Gasteiger charge is -2.06. The van der Waals surface area contributed by atoms with Crippen molar-refractivity contribution >= 4 is 23.3 Å². The lowest BCUT2D eigenvalue weighted by molar-refractivity contribution is 0.316. The van der Waals surface area contributed by atoms with E-state index in [9.17, 15) is 0 Å². The van der Waals surface area contributed by atoms with Gasteiger partial charge in [0, 0.05) is 23.5 Å². The van der Waals surface area contributed by atoms with Crippen LogP contribution in [0.5, 0.6) is 0 Å². The molecule has 0 aliphatic carbocycles. The van der Waals surface area contributed by atoms with Gasteiger partial charge in [0.15, 0.2) is 0 Å². The van der Waals surface area contributed by atoms with Crippen LogP contribution in [0.4, 0.5) is 5.69 Å². The van der Waals surface area contributed by atoms with E-state index < -0.39 is 0 Å². The number of anilines is 1. The Hall–Kier alpha value is -1.36. The lowest BCUT2D eigenvalue weighted by atomic mass is 10.2. The van der Waals surface area contributed by atoms with Crippen molar-refractivity contribution in [2.45, 2.75) is 17.7 Å². The number of oxime groups is 1. The minimum atomic E-state index is 0.277. The van der Waals surface area contributed by atoms with Gasteiger partial charge in [0.1, 0.15) is 5.84 Å². The van der Waals surface area contributed by atoms with Crippen LogP contribution in [-0.2, 0) is 0 Å². The zero-order valence-corrected chi connectivity index (χ0v) is 10.1. The third-order valence-electron chi connectivity index (χ3n) is 2.14. The number of benzene rings is 1. The smallest absolute Gasteiger partial charge is 0.139 e. The van der Waals surface area contributed by atoms with Gasteiger partial charge in [-0.2, -0.15) is 0 Å². The quantitative estimate of drug-likeness (QED) is 0.178. The van der Waals surface area contributed by atoms with Crippen molar-refractivity contribution in [1.82, 2.24) is 0 Å². The van der Waals surface area contributed by atoms with Crippen LogP contribution in [0.3, 0.4) is 0 Å². The summed E-state index contributed by atoms with van der Waals surface area (Å²) in [4.78, 5) is 1.24. The number of amidine groups is 1. The number of hydrogen-bond donors (Lipinski definition) is 3. The SMILES string of the molecule is CSc1cccc(NCCCC(N)=NO)c1. The average Bonchev–Trinajstić information content (AvgIpc) is 2.34. The molecule has 1 aromatic rings. The van der Waals surface area contributed by atoms with E-state index in [2.05, 4.69) is 28.9 Å². The van der Waals surface area contributed by atoms with E-state index in [1.165, 1.54) is 4.90 Å². The van der Waals surface area contributed by atoms with Gasteiger partial charge in [0.25, 0.3) is 0 Å². The molecule has 4 N–H and O–H groups in total. The summed E-state index contributed by atoms with van der Waals surface area (Å²) in [5, 5.41) is 14.6. The van der Waals surface area contributed by atoms with Crippen LogP contribution >= 0.6 is 11.8 Å². The number of hydrogen-bond acceptors (Lipinski definition) is 4. The Morgan fingerprint density at radius 2 is 2.38 bits per heavy atom. The molecule has 4 nitrogen and oxygen atoms in total. The van der Waals surface area contributed by atoms with E-state index in [0.29, 0.717) is 6.42 Å². The minimum Gasteiger partial charge on any atom is -0.409 e. The molecule has 88 valence electrons. The maximum Gasteiger partial charge on any atom is 0.139 e. The topological polar surface area (TPSA) is 70.6 Å². The highest BCUT2D eigenvalue weighted by molar-refractivity contribution is 7.98. The maximum absolute atomic E-state index is 8.36. The summed E-state index contributed by atoms with van der Waals surface area (Å²) in [7, 11) is 0. The largest absolute Gasteiger partial charge is 0.409 e. The molecule has 0 bridgehead atoms. The van der Waals surface area contributed by atoms with Crippen molar-refractivity contribution in [3.05, 3.63) is 24.3 Å². The fraction of sp³-hybridized carbons (Fsp3) is 0.364. The van der Waals surface area contributed by atoms with Gasteiger partial charge in [0.2, 0.25) is 0 Å². The molecule has 0 saturated carbocycles. The predicted molar refractivity (Wildman–Crippen MR) is 69.4 cm³/mol. The number of nitrogens with zero attached hydrogens (tertiary/aromatic N) is 1. The average molecular weight is 239 g/mol. The number of thioether (sulfide) groups is 1. The summed E-state index contributed by atoms with van der Waals surface area (Å²) in [6.45, 7) is 0.814. The second kappa shape index (κ2) is 7.00. The number of nitrogens with two attached hydrogens (primary N) is 1. The Labute approximate surface area is 99.9 Å². The molecular formula is C11H17N3OS. The Balaban J connectivity index is 2.31. The van der Waals surface area contributed by atoms with Crippen LogP contribution in [0, 0.1) is 0 Å². The fourth-order valence-electron chi connectivity index (χ4n) is 1.29. The highest BCUT2D eigenvalue weighted by atomic mass is 32.2. The second-order valence-corrected chi connectivity index (χ2v) is 4.23. The molecule has 0 aromatic heterocycles. The monoisotopic (exact) mass is 239 g/mol. The van der Waals surface area contributed by atoms with Crippen molar-refractivity contribution in [1.29, 1.82) is 0 Å². The highest BCUT2D eigenvalue weighted by Crippen LogP contribution is 2.18. The van der Waals surface area contributed by atoms with Gasteiger partial charge >= 0.3 is 0 Å². The zero-order valence-electron chi connectivity index (χ0n) is 9.31. The van der Waals surface area contributed by atoms with Crippen LogP contribution < -0.4 is 11.1 Å². The van der Waals surface area contributed by atoms with E-state index >= 15 is 0 Å². The molecule has 0 amide bonds. The lowest BCUT2D eigenvalue weighted by Crippen LogP contribution is -2.13. The third kappa shape index (κ3) is 4.44. The van der Waals surface area contributed by atoms with Gasteiger partial charge in [-0.3, -0.25) is 0 Å². The van der Waals surface area contributed by atoms with E-state index in [-0.39, 0.29) is 5.84 Å². The normalized spacial score (nSPS) is 11.4. The first-order chi connectivity index (χ1) is 7.76. The predicted octanol–water partition coefficient (Wildman–Crippen LogP) is 2.35. The Morgan fingerprint density at radius 3 is 3.06 bits per heavy atom. The molecule has 0 atom stereocenters. The molecule has 1 rings (SSSR count). The van der Waals surface area contributed by atoms with E-state index in [4.69, 9.17) is 10.9 Å². The third-order valence-corrected chi connectivity index (χ3v) is 2.86. The molecule has 0 fully saturated rings. The minimum absolute atomic E-state index is 0.277. The second-order valence-electron chi connectivity index (χ2n) is 3.35. The van der Waals surface area contributed by atoms with E-state index in [0.717, 1.165) is 18.7 Å². The van der Waals surface area contributed by atoms with Gasteiger partial charge in [-0.15, -0.1) is 11.8 Å². The maximum atomic E-state index is 8.36. The standard InChI is InChI=1S/C11H17N3OS/c1-16-10-5-2-4-9(8-10)13-7-3-6-11(12)14-15/h2,4-5,8,13,15H,3,6-7H2,1H3,(H2,12,14). The molecule has 0 spiro atoms. The van der Waals surface area contributed by atoms with E-state index in [1.54, 1.807) is 11.8 Å². The Morgan fingerprint density at radius 1 is 1.56 bits per heavy atom. The molecular weight excluding hydrogens is 222 g/mol. The van der Waals surface area contributed by atoms with Crippen molar-refractivity contribution < 1.29 is 5.21 Å². The van der Waals surface area contributed by atoms with Crippen LogP contribution in [0.1, 0.15) is 12.8 Å². The van der Waals surface area contributed by atoms with Crippen LogP contribution in [0.25, 0.3) is 0 Å². The molecule has 0 heterocycles. The molecule has 0 radical (unpaired) electrons. The summed E-state index contributed by atoms with van der Waals surface area (Å²) in [5.41, 5.74) is 6.47. The van der Waals surface area contributed by atoms with Gasteiger partial charge < -0.3 is 16.3 Å². The van der Waals surface area contributed by atoms with Gasteiger partial charge in [0.05, 0.1) is 0 Å². The van der Waals surface area contributed by atoms with Gasteiger partial charge in [-0.1, -0.05) is 11.2 Å². The highest BCUT2D eigenvalue weighted by Gasteiger charge is 1.96. The molecule has 1 aromatic carbocycles. The summed E-state index contributed by atoms with van der Waals surface area (Å²) in [5.74, 6) is 0.277. The van der Waals surface area contributed by atoms with Crippen LogP contribution in [0.15, 0.2) is 34.3 Å². The molecule has 0 saturated heterocycles. The molecule has 0 aliphatic heterocycles. The summed E-state index contributed by atoms with van der Waals surface area (Å²) in [6.07, 6.45) is 3.50. The Bertz CT molecular complexity index is 355. The van der Waals surface area contributed by atoms with Gasteiger partial charge in [-0.05, 0) is 30.9 Å². The fourth-order valence-corrected chi connectivity index (χ4v) is 1.74. The summed E-state index contributed by atoms with van der Waals surface area (Å²) >= 11 is 1.72. The zero-order chi connectivity index (χ0) is 11.8. The van der Waals surface area contributed by atoms with E-state index in [1.807, 2.05) is 12.1 Å². The van der Waals surface area contributed by atoms with Crippen LogP contribution in [0.2, 0.25) is 0 Å².